The normalized spacial score (nSPS) is 21.3. The Morgan fingerprint density at radius 1 is 1.03 bits per heavy atom. The summed E-state index contributed by atoms with van der Waals surface area (Å²) in [6.45, 7) is 5.08. The second-order valence-corrected chi connectivity index (χ2v) is 12.9. The zero-order valence-electron chi connectivity index (χ0n) is 21.3. The molecule has 0 saturated heterocycles. The molecule has 0 spiro atoms. The highest BCUT2D eigenvalue weighted by Gasteiger charge is 2.46. The number of fused-ring (bicyclic) bond motifs is 8. The van der Waals surface area contributed by atoms with Crippen molar-refractivity contribution in [1.82, 2.24) is 20.2 Å². The molecule has 4 aromatic rings. The molecule has 3 aliphatic rings. The van der Waals surface area contributed by atoms with Gasteiger partial charge in [-0.25, -0.2) is 4.57 Å². The number of thiophene rings is 1. The number of aromatic nitrogens is 3. The molecule has 5 heterocycles. The molecule has 1 unspecified atom stereocenters. The summed E-state index contributed by atoms with van der Waals surface area (Å²) in [7, 11) is 0. The lowest BCUT2D eigenvalue weighted by molar-refractivity contribution is -0.0549. The van der Waals surface area contributed by atoms with Gasteiger partial charge in [0, 0.05) is 28.4 Å². The van der Waals surface area contributed by atoms with Gasteiger partial charge in [-0.3, -0.25) is 10.3 Å². The number of hydrogen-bond acceptors (Lipinski definition) is 9. The third kappa shape index (κ3) is 4.14. The van der Waals surface area contributed by atoms with Gasteiger partial charge in [0.05, 0.1) is 12.2 Å². The van der Waals surface area contributed by atoms with E-state index in [1.165, 1.54) is 32.1 Å². The molecule has 0 radical (unpaired) electrons. The molecule has 0 aliphatic carbocycles. The van der Waals surface area contributed by atoms with Crippen molar-refractivity contribution in [3.8, 4) is 5.00 Å². The molecule has 0 fully saturated rings. The molecule has 0 amide bonds. The first-order valence-corrected chi connectivity index (χ1v) is 15.6. The van der Waals surface area contributed by atoms with Crippen LogP contribution >= 0.6 is 34.9 Å². The number of nitrogens with one attached hydrogen (secondary N) is 1. The molecule has 38 heavy (non-hydrogen) atoms. The van der Waals surface area contributed by atoms with E-state index in [0.29, 0.717) is 6.61 Å². The Balaban J connectivity index is 1.28. The van der Waals surface area contributed by atoms with Crippen molar-refractivity contribution in [1.29, 1.82) is 0 Å². The zero-order valence-corrected chi connectivity index (χ0v) is 23.7. The first-order chi connectivity index (χ1) is 18.6. The summed E-state index contributed by atoms with van der Waals surface area (Å²) in [5, 5.41) is 17.3. The number of anilines is 1. The van der Waals surface area contributed by atoms with Crippen LogP contribution in [0.4, 0.5) is 5.95 Å². The molecule has 194 valence electrons. The van der Waals surface area contributed by atoms with Crippen molar-refractivity contribution >= 4 is 46.0 Å². The van der Waals surface area contributed by atoms with E-state index in [4.69, 9.17) is 20.0 Å². The van der Waals surface area contributed by atoms with Crippen LogP contribution in [0.15, 0.2) is 70.9 Å². The third-order valence-corrected chi connectivity index (χ3v) is 10.7. The van der Waals surface area contributed by atoms with Crippen LogP contribution in [0.2, 0.25) is 0 Å². The lowest BCUT2D eigenvalue weighted by Crippen LogP contribution is -2.40. The van der Waals surface area contributed by atoms with Gasteiger partial charge < -0.3 is 4.74 Å². The van der Waals surface area contributed by atoms with Crippen molar-refractivity contribution in [2.24, 2.45) is 5.10 Å². The first-order valence-electron chi connectivity index (χ1n) is 12.8. The minimum Gasteiger partial charge on any atom is -0.369 e. The van der Waals surface area contributed by atoms with Gasteiger partial charge in [-0.15, -0.1) is 21.5 Å². The predicted octanol–water partition coefficient (Wildman–Crippen LogP) is 6.49. The molecule has 0 bridgehead atoms. The Morgan fingerprint density at radius 3 is 2.45 bits per heavy atom. The number of thioether (sulfide) groups is 2. The first kappa shape index (κ1) is 24.3. The van der Waals surface area contributed by atoms with Crippen molar-refractivity contribution in [2.75, 3.05) is 4.90 Å². The van der Waals surface area contributed by atoms with Crippen LogP contribution in [0.1, 0.15) is 53.6 Å². The Hall–Kier alpha value is -2.79. The number of hydrogen-bond donors (Lipinski definition) is 1. The van der Waals surface area contributed by atoms with Crippen LogP contribution in [0.3, 0.4) is 0 Å². The number of benzene rings is 2. The van der Waals surface area contributed by atoms with Gasteiger partial charge in [-0.05, 0) is 30.0 Å². The third-order valence-electron chi connectivity index (χ3n) is 7.44. The minimum atomic E-state index is -0.157. The van der Waals surface area contributed by atoms with E-state index in [0.717, 1.165) is 40.6 Å². The molecule has 10 heteroatoms. The van der Waals surface area contributed by atoms with E-state index in [1.807, 2.05) is 11.3 Å². The molecule has 1 N–H and O–H groups in total. The lowest BCUT2D eigenvalue weighted by atomic mass is 9.88. The number of ether oxygens (including phenoxy) is 1. The molecule has 3 aliphatic heterocycles. The molecule has 7 rings (SSSR count). The predicted molar refractivity (Wildman–Crippen MR) is 156 cm³/mol. The van der Waals surface area contributed by atoms with Crippen molar-refractivity contribution in [2.45, 2.75) is 61.7 Å². The fraction of sp³-hybridized carbons (Fsp3) is 0.321. The number of hydrazone groups is 1. The van der Waals surface area contributed by atoms with Crippen LogP contribution in [0.25, 0.3) is 5.00 Å². The van der Waals surface area contributed by atoms with Crippen LogP contribution in [0.5, 0.6) is 0 Å². The fourth-order valence-electron chi connectivity index (χ4n) is 5.13. The summed E-state index contributed by atoms with van der Waals surface area (Å²) in [5.74, 6) is 2.49. The van der Waals surface area contributed by atoms with E-state index < -0.39 is 0 Å². The van der Waals surface area contributed by atoms with Crippen molar-refractivity contribution in [3.05, 3.63) is 87.8 Å². The summed E-state index contributed by atoms with van der Waals surface area (Å²) in [4.78, 5) is 3.54. The average Bonchev–Trinajstić information content (AvgIpc) is 3.66. The van der Waals surface area contributed by atoms with E-state index in [9.17, 15) is 0 Å². The highest BCUT2D eigenvalue weighted by molar-refractivity contribution is 8.13. The number of rotatable bonds is 6. The SMILES string of the molecule is CC[C@@]1(C)Cc2c(sc3c2C2NN=C(SCc4ccccc4)N2c2nnc(SCc4ccccc4)n2-3)CO1. The maximum atomic E-state index is 6.34. The van der Waals surface area contributed by atoms with Gasteiger partial charge in [0.15, 0.2) is 16.5 Å². The summed E-state index contributed by atoms with van der Waals surface area (Å²) in [5.41, 5.74) is 8.53. The zero-order chi connectivity index (χ0) is 25.7. The van der Waals surface area contributed by atoms with E-state index in [-0.39, 0.29) is 11.8 Å². The number of nitrogens with zero attached hydrogens (tertiary/aromatic N) is 5. The summed E-state index contributed by atoms with van der Waals surface area (Å²) >= 11 is 5.27. The van der Waals surface area contributed by atoms with Gasteiger partial charge >= 0.3 is 0 Å². The molecule has 2 aromatic carbocycles. The van der Waals surface area contributed by atoms with Crippen LogP contribution in [0, 0.1) is 0 Å². The van der Waals surface area contributed by atoms with Crippen LogP contribution < -0.4 is 10.3 Å². The summed E-state index contributed by atoms with van der Waals surface area (Å²) in [6, 6.07) is 21.1. The topological polar surface area (TPSA) is 67.6 Å². The van der Waals surface area contributed by atoms with Gasteiger partial charge in [-0.2, -0.15) is 5.10 Å². The molecule has 0 saturated carbocycles. The average molecular weight is 561 g/mol. The second kappa shape index (κ2) is 9.75. The second-order valence-electron chi connectivity index (χ2n) is 9.95. The van der Waals surface area contributed by atoms with Crippen molar-refractivity contribution < 1.29 is 4.74 Å². The van der Waals surface area contributed by atoms with Gasteiger partial charge in [0.2, 0.25) is 5.95 Å². The van der Waals surface area contributed by atoms with Crippen molar-refractivity contribution in [3.63, 3.8) is 0 Å². The standard InChI is InChI=1S/C28H28N6OS3/c1-3-28(2)14-20-21(15-35-28)38-24-22(20)23-29-31-26(36-16-18-10-6-4-7-11-18)33(23)25-30-32-27(34(24)25)37-17-19-12-8-5-9-13-19/h4-13,23,29H,3,14-17H2,1-2H3/t23?,28-/m0/s1. The monoisotopic (exact) mass is 560 g/mol. The molecular formula is C28H28N6OS3. The Labute approximate surface area is 234 Å². The number of amidine groups is 1. The fourth-order valence-corrected chi connectivity index (χ4v) is 8.27. The largest absolute Gasteiger partial charge is 0.369 e. The lowest BCUT2D eigenvalue weighted by Gasteiger charge is -2.35. The Morgan fingerprint density at radius 2 is 1.74 bits per heavy atom. The van der Waals surface area contributed by atoms with Gasteiger partial charge in [0.25, 0.3) is 0 Å². The van der Waals surface area contributed by atoms with E-state index >= 15 is 0 Å². The van der Waals surface area contributed by atoms with Gasteiger partial charge in [-0.1, -0.05) is 91.1 Å². The smallest absolute Gasteiger partial charge is 0.241 e. The quantitative estimate of drug-likeness (QED) is 0.270. The minimum absolute atomic E-state index is 0.0915. The van der Waals surface area contributed by atoms with E-state index in [1.54, 1.807) is 23.5 Å². The molecular weight excluding hydrogens is 533 g/mol. The molecule has 2 aromatic heterocycles. The Kier molecular flexibility index (Phi) is 6.23. The van der Waals surface area contributed by atoms with Crippen LogP contribution in [-0.4, -0.2) is 25.5 Å². The molecule has 2 atom stereocenters. The molecule has 7 nitrogen and oxygen atoms in total. The summed E-state index contributed by atoms with van der Waals surface area (Å²) < 4.78 is 8.59. The maximum Gasteiger partial charge on any atom is 0.241 e. The highest BCUT2D eigenvalue weighted by atomic mass is 32.2. The Bertz CT molecular complexity index is 1500. The highest BCUT2D eigenvalue weighted by Crippen LogP contribution is 2.50. The summed E-state index contributed by atoms with van der Waals surface area (Å²) in [6.07, 6.45) is 1.78. The van der Waals surface area contributed by atoms with E-state index in [2.05, 4.69) is 89.4 Å². The van der Waals surface area contributed by atoms with Gasteiger partial charge in [0.1, 0.15) is 5.00 Å². The van der Waals surface area contributed by atoms with Crippen LogP contribution in [-0.2, 0) is 29.3 Å². The maximum absolute atomic E-state index is 6.34.